The van der Waals surface area contributed by atoms with Crippen LogP contribution in [0.5, 0.6) is 0 Å². The highest BCUT2D eigenvalue weighted by Gasteiger charge is 2.25. The van der Waals surface area contributed by atoms with Crippen LogP contribution >= 0.6 is 0 Å². The minimum Gasteiger partial charge on any atom is -0.391 e. The highest BCUT2D eigenvalue weighted by Crippen LogP contribution is 2.27. The van der Waals surface area contributed by atoms with Gasteiger partial charge >= 0.3 is 0 Å². The molecule has 0 aliphatic rings. The fourth-order valence-electron chi connectivity index (χ4n) is 6.29. The Kier molecular flexibility index (Phi) is 15.7. The smallest absolute Gasteiger partial charge is 0.231 e. The van der Waals surface area contributed by atoms with Gasteiger partial charge in [-0.05, 0) is 78.8 Å². The molecule has 3 rings (SSSR count). The first kappa shape index (κ1) is 40.1. The van der Waals surface area contributed by atoms with Crippen LogP contribution in [0, 0.1) is 17.8 Å². The minimum absolute atomic E-state index is 0.0509. The van der Waals surface area contributed by atoms with E-state index in [-0.39, 0.29) is 48.0 Å². The van der Waals surface area contributed by atoms with Crippen molar-refractivity contribution in [1.82, 2.24) is 5.32 Å². The number of Topliss-reactive ketones (excluding diaryl/α,β-unsaturated/α-hetero) is 2. The summed E-state index contributed by atoms with van der Waals surface area (Å²) in [6.45, 7) is 11.2. The number of aliphatic hydroxyl groups excluding tert-OH is 1. The maximum atomic E-state index is 14.1. The molecule has 49 heavy (non-hydrogen) atoms. The predicted molar refractivity (Wildman–Crippen MR) is 202 cm³/mol. The Morgan fingerprint density at radius 3 is 1.92 bits per heavy atom. The van der Waals surface area contributed by atoms with Crippen molar-refractivity contribution in [3.8, 4) is 0 Å². The summed E-state index contributed by atoms with van der Waals surface area (Å²) in [6, 6.07) is 24.5. The lowest BCUT2D eigenvalue weighted by molar-refractivity contribution is 0.0918. The van der Waals surface area contributed by atoms with E-state index in [1.54, 1.807) is 18.2 Å². The average Bonchev–Trinajstić information content (AvgIpc) is 3.05. The number of nitrogens with one attached hydrogen (secondary N) is 1. The monoisotopic (exact) mass is 690 g/mol. The first-order chi connectivity index (χ1) is 23.1. The molecule has 0 saturated heterocycles. The van der Waals surface area contributed by atoms with Crippen molar-refractivity contribution in [3.05, 3.63) is 101 Å². The van der Waals surface area contributed by atoms with Gasteiger partial charge in [0.05, 0.1) is 18.0 Å². The zero-order chi connectivity index (χ0) is 36.1. The van der Waals surface area contributed by atoms with Crippen LogP contribution < -0.4 is 9.62 Å². The number of benzene rings is 3. The summed E-state index contributed by atoms with van der Waals surface area (Å²) in [5.74, 6) is 0.487. The van der Waals surface area contributed by atoms with Crippen LogP contribution in [0.3, 0.4) is 0 Å². The van der Waals surface area contributed by atoms with Gasteiger partial charge in [-0.15, -0.1) is 0 Å². The number of ketones is 2. The maximum absolute atomic E-state index is 14.1. The van der Waals surface area contributed by atoms with E-state index < -0.39 is 16.1 Å². The van der Waals surface area contributed by atoms with Crippen LogP contribution in [-0.4, -0.2) is 57.1 Å². The first-order valence-electron chi connectivity index (χ1n) is 17.8. The van der Waals surface area contributed by atoms with Gasteiger partial charge in [0.15, 0.2) is 11.6 Å². The van der Waals surface area contributed by atoms with Crippen molar-refractivity contribution in [2.24, 2.45) is 17.8 Å². The highest BCUT2D eigenvalue weighted by molar-refractivity contribution is 7.92. The van der Waals surface area contributed by atoms with Gasteiger partial charge in [0.1, 0.15) is 0 Å². The van der Waals surface area contributed by atoms with E-state index >= 15 is 0 Å². The molecular formula is C41H58N2O5S. The molecule has 4 atom stereocenters. The summed E-state index contributed by atoms with van der Waals surface area (Å²) in [5.41, 5.74) is 3.06. The fourth-order valence-corrected chi connectivity index (χ4v) is 6.78. The third kappa shape index (κ3) is 13.5. The number of hydrogen-bond acceptors (Lipinski definition) is 6. The van der Waals surface area contributed by atoms with Gasteiger partial charge in [-0.3, -0.25) is 13.9 Å². The second kappa shape index (κ2) is 19.2. The molecule has 0 saturated carbocycles. The number of rotatable bonds is 21. The molecule has 0 amide bonds. The van der Waals surface area contributed by atoms with Crippen LogP contribution in [-0.2, 0) is 16.4 Å². The molecule has 3 aromatic rings. The molecule has 0 aliphatic carbocycles. The second-order valence-corrected chi connectivity index (χ2v) is 16.7. The first-order valence-corrected chi connectivity index (χ1v) is 19.6. The second-order valence-electron chi connectivity index (χ2n) is 14.7. The van der Waals surface area contributed by atoms with Crippen molar-refractivity contribution < 1.29 is 23.1 Å². The van der Waals surface area contributed by atoms with Gasteiger partial charge < -0.3 is 10.4 Å². The molecule has 0 aliphatic heterocycles. The third-order valence-electron chi connectivity index (χ3n) is 9.27. The number of sulfonamides is 1. The van der Waals surface area contributed by atoms with Gasteiger partial charge in [0.2, 0.25) is 10.0 Å². The predicted octanol–water partition coefficient (Wildman–Crippen LogP) is 8.08. The number of anilines is 1. The fraction of sp³-hybridized carbons (Fsp3) is 0.512. The van der Waals surface area contributed by atoms with Crippen LogP contribution in [0.15, 0.2) is 78.9 Å². The molecule has 0 radical (unpaired) electrons. The normalized spacial score (nSPS) is 14.4. The molecular weight excluding hydrogens is 633 g/mol. The number of carbonyl (C=O) groups is 2. The molecule has 0 bridgehead atoms. The summed E-state index contributed by atoms with van der Waals surface area (Å²) in [5, 5.41) is 14.8. The van der Waals surface area contributed by atoms with Gasteiger partial charge in [-0.2, -0.15) is 0 Å². The molecule has 3 aromatic carbocycles. The molecule has 8 heteroatoms. The van der Waals surface area contributed by atoms with Gasteiger partial charge in [-0.25, -0.2) is 8.42 Å². The van der Waals surface area contributed by atoms with E-state index in [1.807, 2.05) is 55.5 Å². The van der Waals surface area contributed by atoms with E-state index in [2.05, 4.69) is 45.1 Å². The van der Waals surface area contributed by atoms with Gasteiger partial charge in [-0.1, -0.05) is 108 Å². The van der Waals surface area contributed by atoms with E-state index in [0.717, 1.165) is 41.0 Å². The number of aliphatic hydroxyl groups is 1. The van der Waals surface area contributed by atoms with Crippen molar-refractivity contribution in [1.29, 1.82) is 0 Å². The average molecular weight is 691 g/mol. The number of nitrogens with zero attached hydrogens (tertiary/aromatic N) is 1. The number of carbonyl (C=O) groups excluding carboxylic acids is 2. The Balaban J connectivity index is 1.91. The van der Waals surface area contributed by atoms with E-state index in [4.69, 9.17) is 0 Å². The molecule has 0 spiro atoms. The van der Waals surface area contributed by atoms with Crippen LogP contribution in [0.2, 0.25) is 0 Å². The van der Waals surface area contributed by atoms with E-state index in [9.17, 15) is 23.1 Å². The minimum atomic E-state index is -3.64. The maximum Gasteiger partial charge on any atom is 0.231 e. The highest BCUT2D eigenvalue weighted by atomic mass is 32.2. The van der Waals surface area contributed by atoms with Gasteiger partial charge in [0, 0.05) is 37.1 Å². The molecule has 268 valence electrons. The SMILES string of the molecule is CC(C)CCC[C@@H](NC[C@@H](CC(=O)c1cc(C(=O)C[C@H](C)c2ccccc2)cc(N(C)S(C)(=O)=O)c1)Cc1ccccc1)[C@@H](O)CC(C)C. The van der Waals surface area contributed by atoms with Crippen molar-refractivity contribution in [3.63, 3.8) is 0 Å². The summed E-state index contributed by atoms with van der Waals surface area (Å²) in [7, 11) is -2.21. The molecule has 0 aromatic heterocycles. The molecule has 0 heterocycles. The van der Waals surface area contributed by atoms with Crippen LogP contribution in [0.1, 0.15) is 111 Å². The molecule has 0 fully saturated rings. The van der Waals surface area contributed by atoms with Crippen molar-refractivity contribution in [2.45, 2.75) is 97.6 Å². The standard InChI is InChI=1S/C41H58N2O5S/c1-29(2)15-14-20-38(41(46)21-30(3)4)42-28-33(23-32-16-10-8-11-17-32)24-40(45)36-25-35(26-37(27-36)43(6)49(7,47)48)39(44)22-31(5)34-18-12-9-13-19-34/h8-13,16-19,25-27,29-31,33,38,41-42,46H,14-15,20-24,28H2,1-7H3/t31-,33+,38+,41-/m0/s1. The van der Waals surface area contributed by atoms with Crippen molar-refractivity contribution >= 4 is 27.3 Å². The molecule has 0 unspecified atom stereocenters. The van der Waals surface area contributed by atoms with Crippen molar-refractivity contribution in [2.75, 3.05) is 24.2 Å². The lowest BCUT2D eigenvalue weighted by atomic mass is 9.89. The lowest BCUT2D eigenvalue weighted by Gasteiger charge is -2.28. The van der Waals surface area contributed by atoms with E-state index in [0.29, 0.717) is 42.3 Å². The quantitative estimate of drug-likeness (QED) is 0.110. The van der Waals surface area contributed by atoms with Gasteiger partial charge in [0.25, 0.3) is 0 Å². The number of hydrogen-bond donors (Lipinski definition) is 2. The zero-order valence-electron chi connectivity index (χ0n) is 30.6. The Labute approximate surface area is 295 Å². The summed E-state index contributed by atoms with van der Waals surface area (Å²) < 4.78 is 26.2. The third-order valence-corrected chi connectivity index (χ3v) is 10.5. The summed E-state index contributed by atoms with van der Waals surface area (Å²) >= 11 is 0. The zero-order valence-corrected chi connectivity index (χ0v) is 31.4. The molecule has 2 N–H and O–H groups in total. The Morgan fingerprint density at radius 1 is 0.796 bits per heavy atom. The topological polar surface area (TPSA) is 104 Å². The molecule has 7 nitrogen and oxygen atoms in total. The summed E-state index contributed by atoms with van der Waals surface area (Å²) in [6.07, 6.45) is 5.33. The van der Waals surface area contributed by atoms with E-state index in [1.165, 1.54) is 7.05 Å². The Hall–Kier alpha value is -3.33. The summed E-state index contributed by atoms with van der Waals surface area (Å²) in [4.78, 5) is 27.7. The lowest BCUT2D eigenvalue weighted by Crippen LogP contribution is -2.43. The largest absolute Gasteiger partial charge is 0.391 e. The van der Waals surface area contributed by atoms with Crippen LogP contribution in [0.25, 0.3) is 0 Å². The Morgan fingerprint density at radius 2 is 1.37 bits per heavy atom. The van der Waals surface area contributed by atoms with Crippen LogP contribution in [0.4, 0.5) is 5.69 Å². The Bertz CT molecular complexity index is 1570.